The molecular weight excluding hydrogens is 318 g/mol. The van der Waals surface area contributed by atoms with Gasteiger partial charge in [0.15, 0.2) is 11.6 Å². The quantitative estimate of drug-likeness (QED) is 0.538. The van der Waals surface area contributed by atoms with Crippen LogP contribution in [0.3, 0.4) is 0 Å². The molecule has 0 atom stereocenters. The van der Waals surface area contributed by atoms with Crippen LogP contribution in [0.1, 0.15) is 70.3 Å². The molecule has 3 rings (SSSR count). The largest absolute Gasteiger partial charge is 0.494 e. The van der Waals surface area contributed by atoms with Gasteiger partial charge in [0.05, 0.1) is 7.11 Å². The molecule has 0 amide bonds. The lowest BCUT2D eigenvalue weighted by molar-refractivity contribution is 0.170. The Morgan fingerprint density at radius 1 is 0.920 bits per heavy atom. The summed E-state index contributed by atoms with van der Waals surface area (Å²) in [5.41, 5.74) is 0.530. The molecule has 0 saturated heterocycles. The third kappa shape index (κ3) is 4.24. The molecule has 1 aromatic rings. The van der Waals surface area contributed by atoms with Gasteiger partial charge in [-0.1, -0.05) is 19.6 Å². The Labute approximate surface area is 151 Å². The molecule has 0 radical (unpaired) electrons. The first-order valence-electron chi connectivity index (χ1n) is 9.28. The normalized spacial score (nSPS) is 29.6. The minimum atomic E-state index is -0.847. The monoisotopic (exact) mass is 350 g/mol. The van der Waals surface area contributed by atoms with Gasteiger partial charge in [-0.2, -0.15) is 4.39 Å². The number of halogens is 2. The molecule has 25 heavy (non-hydrogen) atoms. The molecular formula is C22H32F2O. The van der Waals surface area contributed by atoms with E-state index in [0.29, 0.717) is 11.5 Å². The lowest BCUT2D eigenvalue weighted by atomic mass is 9.68. The lowest BCUT2D eigenvalue weighted by Crippen LogP contribution is -2.25. The smallest absolute Gasteiger partial charge is 0.200 e. The molecule has 1 aromatic carbocycles. The van der Waals surface area contributed by atoms with Crippen molar-refractivity contribution in [3.05, 3.63) is 42.0 Å². The first-order chi connectivity index (χ1) is 11.6. The highest BCUT2D eigenvalue weighted by Crippen LogP contribution is 2.44. The van der Waals surface area contributed by atoms with Crippen LogP contribution in [0.2, 0.25) is 0 Å². The molecule has 2 fully saturated rings. The molecule has 0 unspecified atom stereocenters. The van der Waals surface area contributed by atoms with Gasteiger partial charge in [0.25, 0.3) is 0 Å². The molecule has 2 saturated carbocycles. The number of rotatable bonds is 4. The Morgan fingerprint density at radius 3 is 2.00 bits per heavy atom. The number of hydrogen-bond acceptors (Lipinski definition) is 1. The predicted molar refractivity (Wildman–Crippen MR) is 100.0 cm³/mol. The summed E-state index contributed by atoms with van der Waals surface area (Å²) in [5.74, 6) is 0.853. The van der Waals surface area contributed by atoms with Crippen LogP contribution in [0.5, 0.6) is 5.75 Å². The Morgan fingerprint density at radius 2 is 1.48 bits per heavy atom. The van der Waals surface area contributed by atoms with Gasteiger partial charge in [-0.15, -0.1) is 6.58 Å². The van der Waals surface area contributed by atoms with Crippen LogP contribution in [-0.4, -0.2) is 7.11 Å². The summed E-state index contributed by atoms with van der Waals surface area (Å²) in [6.07, 6.45) is 11.5. The van der Waals surface area contributed by atoms with E-state index in [1.165, 1.54) is 32.8 Å². The van der Waals surface area contributed by atoms with E-state index in [2.05, 4.69) is 12.7 Å². The van der Waals surface area contributed by atoms with Crippen LogP contribution in [-0.2, 0) is 0 Å². The molecule has 0 bridgehead atoms. The fraction of sp³-hybridized carbons (Fsp3) is 0.636. The maximum absolute atomic E-state index is 14.3. The topological polar surface area (TPSA) is 9.23 Å². The molecule has 2 aliphatic carbocycles. The van der Waals surface area contributed by atoms with Crippen LogP contribution < -0.4 is 4.74 Å². The van der Waals surface area contributed by atoms with Gasteiger partial charge in [0.2, 0.25) is 5.82 Å². The van der Waals surface area contributed by atoms with Gasteiger partial charge in [0, 0.05) is 0 Å². The Hall–Kier alpha value is -1.38. The third-order valence-corrected chi connectivity index (χ3v) is 6.32. The zero-order chi connectivity index (χ0) is 17.1. The standard InChI is InChI=1S/C21H28F2O.CH4/c1-3-14-4-6-15(7-5-14)16-8-10-17(11-9-16)18-12-13-19(24-2)21(23)20(18)22;/h3,12-17H,1,4-11H2,2H3;1H4. The van der Waals surface area contributed by atoms with E-state index in [1.54, 1.807) is 12.1 Å². The van der Waals surface area contributed by atoms with Crippen LogP contribution in [0.15, 0.2) is 24.8 Å². The maximum atomic E-state index is 14.3. The molecule has 0 spiro atoms. The number of allylic oxidation sites excluding steroid dienone is 1. The highest BCUT2D eigenvalue weighted by Gasteiger charge is 2.32. The van der Waals surface area contributed by atoms with Crippen molar-refractivity contribution < 1.29 is 13.5 Å². The van der Waals surface area contributed by atoms with Crippen LogP contribution in [0.4, 0.5) is 8.78 Å². The van der Waals surface area contributed by atoms with Crippen molar-refractivity contribution in [3.63, 3.8) is 0 Å². The van der Waals surface area contributed by atoms with Gasteiger partial charge in [-0.05, 0) is 86.7 Å². The summed E-state index contributed by atoms with van der Waals surface area (Å²) < 4.78 is 33.1. The summed E-state index contributed by atoms with van der Waals surface area (Å²) >= 11 is 0. The molecule has 3 heteroatoms. The van der Waals surface area contributed by atoms with Crippen molar-refractivity contribution in [2.45, 2.75) is 64.7 Å². The molecule has 0 aliphatic heterocycles. The van der Waals surface area contributed by atoms with Gasteiger partial charge in [-0.3, -0.25) is 0 Å². The average molecular weight is 350 g/mol. The van der Waals surface area contributed by atoms with Gasteiger partial charge in [-0.25, -0.2) is 4.39 Å². The van der Waals surface area contributed by atoms with Crippen molar-refractivity contribution in [3.8, 4) is 5.75 Å². The van der Waals surface area contributed by atoms with Crippen LogP contribution in [0.25, 0.3) is 0 Å². The molecule has 1 nitrogen and oxygen atoms in total. The molecule has 0 N–H and O–H groups in total. The minimum absolute atomic E-state index is 0. The Bertz CT molecular complexity index is 568. The van der Waals surface area contributed by atoms with Crippen molar-refractivity contribution in [1.29, 1.82) is 0 Å². The summed E-state index contributed by atoms with van der Waals surface area (Å²) in [5, 5.41) is 0. The van der Waals surface area contributed by atoms with Gasteiger partial charge >= 0.3 is 0 Å². The van der Waals surface area contributed by atoms with Crippen LogP contribution in [0, 0.1) is 29.4 Å². The number of ether oxygens (including phenoxy) is 1. The lowest BCUT2D eigenvalue weighted by Gasteiger charge is -2.37. The number of hydrogen-bond donors (Lipinski definition) is 0. The average Bonchev–Trinajstić information content (AvgIpc) is 2.64. The number of benzene rings is 1. The zero-order valence-corrected chi connectivity index (χ0v) is 14.6. The summed E-state index contributed by atoms with van der Waals surface area (Å²) in [6.45, 7) is 3.92. The van der Waals surface area contributed by atoms with Crippen molar-refractivity contribution in [1.82, 2.24) is 0 Å². The molecule has 2 aliphatic rings. The molecule has 0 aromatic heterocycles. The van der Waals surface area contributed by atoms with E-state index < -0.39 is 11.6 Å². The summed E-state index contributed by atoms with van der Waals surface area (Å²) in [7, 11) is 1.36. The van der Waals surface area contributed by atoms with E-state index in [0.717, 1.165) is 37.5 Å². The second kappa shape index (κ2) is 8.82. The first kappa shape index (κ1) is 19.9. The van der Waals surface area contributed by atoms with E-state index in [-0.39, 0.29) is 19.1 Å². The fourth-order valence-corrected chi connectivity index (χ4v) is 4.77. The van der Waals surface area contributed by atoms with Crippen molar-refractivity contribution >= 4 is 0 Å². The fourth-order valence-electron chi connectivity index (χ4n) is 4.77. The highest BCUT2D eigenvalue weighted by atomic mass is 19.2. The first-order valence-corrected chi connectivity index (χ1v) is 9.28. The van der Waals surface area contributed by atoms with Crippen molar-refractivity contribution in [2.24, 2.45) is 17.8 Å². The molecule has 0 heterocycles. The predicted octanol–water partition coefficient (Wildman–Crippen LogP) is 6.88. The summed E-state index contributed by atoms with van der Waals surface area (Å²) in [6, 6.07) is 3.26. The van der Waals surface area contributed by atoms with Crippen LogP contribution >= 0.6 is 0 Å². The second-order valence-electron chi connectivity index (χ2n) is 7.51. The Kier molecular flexibility index (Phi) is 7.04. The van der Waals surface area contributed by atoms with Crippen molar-refractivity contribution in [2.75, 3.05) is 7.11 Å². The Balaban J connectivity index is 0.00000225. The molecule has 140 valence electrons. The minimum Gasteiger partial charge on any atom is -0.494 e. The van der Waals surface area contributed by atoms with E-state index >= 15 is 0 Å². The summed E-state index contributed by atoms with van der Waals surface area (Å²) in [4.78, 5) is 0. The maximum Gasteiger partial charge on any atom is 0.200 e. The zero-order valence-electron chi connectivity index (χ0n) is 14.6. The highest BCUT2D eigenvalue weighted by molar-refractivity contribution is 5.33. The van der Waals surface area contributed by atoms with E-state index in [1.807, 2.05) is 0 Å². The van der Waals surface area contributed by atoms with Gasteiger partial charge < -0.3 is 4.74 Å². The third-order valence-electron chi connectivity index (χ3n) is 6.32. The van der Waals surface area contributed by atoms with Gasteiger partial charge in [0.1, 0.15) is 0 Å². The van der Waals surface area contributed by atoms with E-state index in [4.69, 9.17) is 4.74 Å². The second-order valence-corrected chi connectivity index (χ2v) is 7.51. The SMILES string of the molecule is C.C=CC1CCC(C2CCC(c3ccc(OC)c(F)c3F)CC2)CC1. The number of methoxy groups -OCH3 is 1. The van der Waals surface area contributed by atoms with E-state index in [9.17, 15) is 8.78 Å².